The summed E-state index contributed by atoms with van der Waals surface area (Å²) in [6.07, 6.45) is 1.74. The van der Waals surface area contributed by atoms with Crippen molar-refractivity contribution in [2.45, 2.75) is 38.6 Å². The van der Waals surface area contributed by atoms with E-state index in [0.29, 0.717) is 12.8 Å². The average Bonchev–Trinajstić information content (AvgIpc) is 2.52. The van der Waals surface area contributed by atoms with E-state index < -0.39 is 22.8 Å². The number of carbonyl (C=O) groups excluding carboxylic acids is 1. The third-order valence-corrected chi connectivity index (χ3v) is 3.42. The molecule has 0 fully saturated rings. The first-order valence-electron chi connectivity index (χ1n) is 7.44. The van der Waals surface area contributed by atoms with E-state index in [4.69, 9.17) is 21.4 Å². The van der Waals surface area contributed by atoms with Gasteiger partial charge in [0, 0.05) is 11.1 Å². The van der Waals surface area contributed by atoms with Gasteiger partial charge in [0.25, 0.3) is 0 Å². The van der Waals surface area contributed by atoms with E-state index in [0.717, 1.165) is 12.5 Å². The topological polar surface area (TPSA) is 119 Å². The smallest absolute Gasteiger partial charge is 0.326 e. The van der Waals surface area contributed by atoms with Crippen molar-refractivity contribution in [1.82, 2.24) is 5.32 Å². The number of nitrogens with one attached hydrogen (secondary N) is 1. The molecule has 132 valence electrons. The van der Waals surface area contributed by atoms with Crippen molar-refractivity contribution in [3.05, 3.63) is 33.3 Å². The third kappa shape index (κ3) is 6.41. The maximum Gasteiger partial charge on any atom is 0.326 e. The van der Waals surface area contributed by atoms with E-state index >= 15 is 0 Å². The molecule has 0 bridgehead atoms. The molecule has 9 heteroatoms. The number of hydrogen-bond donors (Lipinski definition) is 2. The van der Waals surface area contributed by atoms with Gasteiger partial charge in [0.2, 0.25) is 5.91 Å². The lowest BCUT2D eigenvalue weighted by Crippen LogP contribution is -2.41. The number of carbonyl (C=O) groups is 2. The first-order chi connectivity index (χ1) is 11.3. The summed E-state index contributed by atoms with van der Waals surface area (Å²) in [4.78, 5) is 33.1. The molecular weight excluding hydrogens is 340 g/mol. The Balaban J connectivity index is 2.53. The van der Waals surface area contributed by atoms with Crippen LogP contribution >= 0.6 is 11.6 Å². The van der Waals surface area contributed by atoms with Crippen molar-refractivity contribution in [1.29, 1.82) is 0 Å². The number of aliphatic carboxylic acids is 1. The third-order valence-electron chi connectivity index (χ3n) is 3.18. The Morgan fingerprint density at radius 3 is 2.75 bits per heavy atom. The molecule has 0 heterocycles. The van der Waals surface area contributed by atoms with Gasteiger partial charge in [-0.1, -0.05) is 31.4 Å². The molecular formula is C15H19ClN2O6. The normalized spacial score (nSPS) is 11.6. The zero-order valence-electron chi connectivity index (χ0n) is 13.2. The van der Waals surface area contributed by atoms with Crippen molar-refractivity contribution in [3.8, 4) is 5.75 Å². The number of halogens is 1. The molecule has 1 unspecified atom stereocenters. The monoisotopic (exact) mass is 358 g/mol. The highest BCUT2D eigenvalue weighted by Crippen LogP contribution is 2.29. The fourth-order valence-corrected chi connectivity index (χ4v) is 2.11. The number of carboxylic acids is 1. The lowest BCUT2D eigenvalue weighted by molar-refractivity contribution is -0.385. The van der Waals surface area contributed by atoms with Crippen molar-refractivity contribution >= 4 is 29.2 Å². The number of rotatable bonds is 10. The summed E-state index contributed by atoms with van der Waals surface area (Å²) in [6.45, 7) is 1.81. The van der Waals surface area contributed by atoms with E-state index in [2.05, 4.69) is 5.32 Å². The number of amides is 1. The van der Waals surface area contributed by atoms with Gasteiger partial charge < -0.3 is 15.2 Å². The van der Waals surface area contributed by atoms with Crippen LogP contribution in [0.3, 0.4) is 0 Å². The van der Waals surface area contributed by atoms with Crippen LogP contribution in [-0.4, -0.2) is 34.6 Å². The summed E-state index contributed by atoms with van der Waals surface area (Å²) >= 11 is 5.69. The molecule has 1 aromatic carbocycles. The van der Waals surface area contributed by atoms with Gasteiger partial charge in [-0.3, -0.25) is 14.9 Å². The Morgan fingerprint density at radius 1 is 1.46 bits per heavy atom. The minimum atomic E-state index is -1.09. The summed E-state index contributed by atoms with van der Waals surface area (Å²) in [7, 11) is 0. The molecule has 0 aliphatic carbocycles. The Hall–Kier alpha value is -2.35. The van der Waals surface area contributed by atoms with E-state index in [1.807, 2.05) is 6.92 Å². The van der Waals surface area contributed by atoms with Crippen LogP contribution in [0.1, 0.15) is 32.6 Å². The van der Waals surface area contributed by atoms with Gasteiger partial charge >= 0.3 is 11.7 Å². The number of nitrogens with zero attached hydrogens (tertiary/aromatic N) is 1. The number of carboxylic acid groups (broad SMARTS) is 1. The lowest BCUT2D eigenvalue weighted by atomic mass is 10.1. The van der Waals surface area contributed by atoms with Crippen LogP contribution in [-0.2, 0) is 9.59 Å². The molecule has 0 saturated carbocycles. The lowest BCUT2D eigenvalue weighted by Gasteiger charge is -2.14. The van der Waals surface area contributed by atoms with Crippen LogP contribution < -0.4 is 10.1 Å². The zero-order chi connectivity index (χ0) is 18.1. The number of ether oxygens (including phenoxy) is 1. The Labute approximate surface area is 143 Å². The number of unbranched alkanes of at least 4 members (excludes halogenated alkanes) is 1. The van der Waals surface area contributed by atoms with E-state index in [9.17, 15) is 19.7 Å². The van der Waals surface area contributed by atoms with Gasteiger partial charge in [0.15, 0.2) is 5.75 Å². The zero-order valence-corrected chi connectivity index (χ0v) is 13.9. The number of hydrogen-bond acceptors (Lipinski definition) is 5. The minimum absolute atomic E-state index is 0.00188. The molecule has 1 atom stereocenters. The largest absolute Gasteiger partial charge is 0.486 e. The second kappa shape index (κ2) is 9.71. The molecule has 1 aromatic rings. The molecule has 0 aliphatic heterocycles. The number of nitro groups is 1. The van der Waals surface area contributed by atoms with Crippen LogP contribution in [0.2, 0.25) is 5.02 Å². The predicted molar refractivity (Wildman–Crippen MR) is 87.3 cm³/mol. The highest BCUT2D eigenvalue weighted by Gasteiger charge is 2.20. The highest BCUT2D eigenvalue weighted by atomic mass is 35.5. The molecule has 0 radical (unpaired) electrons. The van der Waals surface area contributed by atoms with Crippen LogP contribution in [0.15, 0.2) is 18.2 Å². The number of benzene rings is 1. The molecule has 1 amide bonds. The van der Waals surface area contributed by atoms with Crippen molar-refractivity contribution < 1.29 is 24.4 Å². The maximum absolute atomic E-state index is 11.8. The van der Waals surface area contributed by atoms with Gasteiger partial charge in [0.1, 0.15) is 6.04 Å². The molecule has 8 nitrogen and oxygen atoms in total. The van der Waals surface area contributed by atoms with Crippen LogP contribution in [0.25, 0.3) is 0 Å². The number of nitro benzene ring substituents is 1. The summed E-state index contributed by atoms with van der Waals surface area (Å²) in [5.74, 6) is -1.58. The molecule has 0 spiro atoms. The van der Waals surface area contributed by atoms with Gasteiger partial charge in [-0.05, 0) is 18.6 Å². The quantitative estimate of drug-likeness (QED) is 0.490. The van der Waals surface area contributed by atoms with Crippen LogP contribution in [0.5, 0.6) is 5.75 Å². The van der Waals surface area contributed by atoms with Gasteiger partial charge in [0.05, 0.1) is 18.0 Å². The van der Waals surface area contributed by atoms with E-state index in [-0.39, 0.29) is 29.5 Å². The first kappa shape index (κ1) is 19.7. The Bertz CT molecular complexity index is 608. The fraction of sp³-hybridized carbons (Fsp3) is 0.467. The molecule has 2 N–H and O–H groups in total. The summed E-state index contributed by atoms with van der Waals surface area (Å²) in [6, 6.07) is 3.00. The molecule has 0 aliphatic rings. The Morgan fingerprint density at radius 2 is 2.17 bits per heavy atom. The second-order valence-corrected chi connectivity index (χ2v) is 5.50. The van der Waals surface area contributed by atoms with Gasteiger partial charge in [-0.15, -0.1) is 0 Å². The van der Waals surface area contributed by atoms with Crippen molar-refractivity contribution in [2.75, 3.05) is 6.61 Å². The SMILES string of the molecule is CCCCC(NC(=O)CCOc1ccc(Cl)cc1[N+](=O)[O-])C(=O)O. The molecule has 24 heavy (non-hydrogen) atoms. The minimum Gasteiger partial charge on any atom is -0.486 e. The second-order valence-electron chi connectivity index (χ2n) is 5.07. The molecule has 0 aromatic heterocycles. The van der Waals surface area contributed by atoms with Gasteiger partial charge in [-0.25, -0.2) is 4.79 Å². The summed E-state index contributed by atoms with van der Waals surface area (Å²) in [5, 5.41) is 22.6. The van der Waals surface area contributed by atoms with Gasteiger partial charge in [-0.2, -0.15) is 0 Å². The van der Waals surface area contributed by atoms with Crippen LogP contribution in [0.4, 0.5) is 5.69 Å². The first-order valence-corrected chi connectivity index (χ1v) is 7.81. The van der Waals surface area contributed by atoms with Crippen molar-refractivity contribution in [2.24, 2.45) is 0 Å². The van der Waals surface area contributed by atoms with E-state index in [1.54, 1.807) is 0 Å². The summed E-state index contributed by atoms with van der Waals surface area (Å²) < 4.78 is 5.24. The Kier molecular flexibility index (Phi) is 7.97. The maximum atomic E-state index is 11.8. The molecule has 1 rings (SSSR count). The molecule has 0 saturated heterocycles. The predicted octanol–water partition coefficient (Wildman–Crippen LogP) is 2.78. The van der Waals surface area contributed by atoms with Crippen LogP contribution in [0, 0.1) is 10.1 Å². The highest BCUT2D eigenvalue weighted by molar-refractivity contribution is 6.30. The fourth-order valence-electron chi connectivity index (χ4n) is 1.94. The van der Waals surface area contributed by atoms with E-state index in [1.165, 1.54) is 12.1 Å². The summed E-state index contributed by atoms with van der Waals surface area (Å²) in [5.41, 5.74) is -0.297. The average molecular weight is 359 g/mol. The standard InChI is InChI=1S/C15H19ClN2O6/c1-2-3-4-11(15(20)21)17-14(19)7-8-24-13-6-5-10(16)9-12(13)18(22)23/h5-6,9,11H,2-4,7-8H2,1H3,(H,17,19)(H,20,21). The van der Waals surface area contributed by atoms with Crippen molar-refractivity contribution in [3.63, 3.8) is 0 Å².